The van der Waals surface area contributed by atoms with E-state index in [-0.39, 0.29) is 17.3 Å². The van der Waals surface area contributed by atoms with E-state index in [2.05, 4.69) is 17.2 Å². The Balaban J connectivity index is 1.67. The van der Waals surface area contributed by atoms with Crippen LogP contribution in [0.25, 0.3) is 11.1 Å². The maximum Gasteiger partial charge on any atom is 0.265 e. The lowest BCUT2D eigenvalue weighted by Crippen LogP contribution is -2.42. The number of nitrogens with one attached hydrogen (secondary N) is 1. The lowest BCUT2D eigenvalue weighted by molar-refractivity contribution is -0.119. The van der Waals surface area contributed by atoms with E-state index < -0.39 is 10.0 Å². The fourth-order valence-corrected chi connectivity index (χ4v) is 5.11. The summed E-state index contributed by atoms with van der Waals surface area (Å²) in [6.45, 7) is 2.06. The number of hydrogen-bond acceptors (Lipinski definition) is 4. The smallest absolute Gasteiger partial charge is 0.265 e. The van der Waals surface area contributed by atoms with Crippen molar-refractivity contribution in [2.45, 2.75) is 24.8 Å². The van der Waals surface area contributed by atoms with E-state index in [9.17, 15) is 13.2 Å². The van der Waals surface area contributed by atoms with Gasteiger partial charge in [0.2, 0.25) is 5.91 Å². The average Bonchev–Trinajstić information content (AvgIpc) is 2.75. The van der Waals surface area contributed by atoms with E-state index in [0.29, 0.717) is 17.8 Å². The first kappa shape index (κ1) is 19.1. The highest BCUT2D eigenvalue weighted by Gasteiger charge is 2.35. The van der Waals surface area contributed by atoms with Crippen LogP contribution in [-0.2, 0) is 27.8 Å². The number of anilines is 1. The van der Waals surface area contributed by atoms with Gasteiger partial charge in [0, 0.05) is 30.1 Å². The fraction of sp³-hybridized carbons (Fsp3) is 0.182. The Morgan fingerprint density at radius 2 is 1.86 bits per heavy atom. The topological polar surface area (TPSA) is 79.4 Å². The normalized spacial score (nSPS) is 14.0. The molecule has 0 aliphatic carbocycles. The van der Waals surface area contributed by atoms with Crippen LogP contribution in [-0.4, -0.2) is 25.9 Å². The Morgan fingerprint density at radius 3 is 2.62 bits per heavy atom. The van der Waals surface area contributed by atoms with Crippen molar-refractivity contribution in [3.8, 4) is 11.1 Å². The number of pyridine rings is 1. The Kier molecular flexibility index (Phi) is 5.07. The number of carbonyl (C=O) groups is 1. The lowest BCUT2D eigenvalue weighted by atomic mass is 9.99. The summed E-state index contributed by atoms with van der Waals surface area (Å²) in [5.74, 6) is -0.373. The highest BCUT2D eigenvalue weighted by atomic mass is 32.2. The summed E-state index contributed by atoms with van der Waals surface area (Å²) in [7, 11) is -3.83. The Labute approximate surface area is 170 Å². The number of aromatic nitrogens is 1. The standard InChI is InChI=1S/C22H21N3O3S/c1-2-16-9-10-20-19(12-16)18-7-3-4-8-21(18)29(27,28)25(20)15-22(26)24-14-17-6-5-11-23-13-17/h3-13H,2,14-15H2,1H3,(H,24,26). The highest BCUT2D eigenvalue weighted by molar-refractivity contribution is 7.93. The SMILES string of the molecule is CCc1ccc2c(c1)-c1ccccc1S(=O)(=O)N2CC(=O)NCc1cccnc1. The van der Waals surface area contributed by atoms with Crippen molar-refractivity contribution < 1.29 is 13.2 Å². The van der Waals surface area contributed by atoms with Gasteiger partial charge in [0.15, 0.2) is 0 Å². The lowest BCUT2D eigenvalue weighted by Gasteiger charge is -2.32. The number of benzene rings is 2. The molecule has 1 amide bonds. The van der Waals surface area contributed by atoms with Gasteiger partial charge in [0.25, 0.3) is 10.0 Å². The van der Waals surface area contributed by atoms with E-state index >= 15 is 0 Å². The molecule has 2 heterocycles. The molecule has 1 aliphatic heterocycles. The number of hydrogen-bond donors (Lipinski definition) is 1. The van der Waals surface area contributed by atoms with Gasteiger partial charge in [-0.1, -0.05) is 37.3 Å². The molecular formula is C22H21N3O3S. The molecule has 1 aliphatic rings. The van der Waals surface area contributed by atoms with Crippen LogP contribution in [0, 0.1) is 0 Å². The number of sulfonamides is 1. The molecule has 1 N–H and O–H groups in total. The quantitative estimate of drug-likeness (QED) is 0.705. The van der Waals surface area contributed by atoms with Crippen LogP contribution >= 0.6 is 0 Å². The third-order valence-electron chi connectivity index (χ3n) is 4.98. The van der Waals surface area contributed by atoms with Crippen LogP contribution in [0.1, 0.15) is 18.1 Å². The molecule has 0 spiro atoms. The zero-order valence-electron chi connectivity index (χ0n) is 16.0. The van der Waals surface area contributed by atoms with Crippen molar-refractivity contribution in [3.63, 3.8) is 0 Å². The maximum absolute atomic E-state index is 13.3. The third-order valence-corrected chi connectivity index (χ3v) is 6.80. The summed E-state index contributed by atoms with van der Waals surface area (Å²) in [6, 6.07) is 16.3. The molecule has 0 saturated heterocycles. The van der Waals surface area contributed by atoms with Crippen molar-refractivity contribution in [3.05, 3.63) is 78.1 Å². The van der Waals surface area contributed by atoms with E-state index in [1.54, 1.807) is 36.7 Å². The first-order chi connectivity index (χ1) is 14.0. The van der Waals surface area contributed by atoms with E-state index in [1.165, 1.54) is 4.31 Å². The van der Waals surface area contributed by atoms with Crippen LogP contribution in [0.5, 0.6) is 0 Å². The number of aryl methyl sites for hydroxylation is 1. The van der Waals surface area contributed by atoms with Crippen LogP contribution in [0.4, 0.5) is 5.69 Å². The van der Waals surface area contributed by atoms with Gasteiger partial charge in [-0.2, -0.15) is 0 Å². The van der Waals surface area contributed by atoms with Gasteiger partial charge < -0.3 is 5.32 Å². The summed E-state index contributed by atoms with van der Waals surface area (Å²) in [4.78, 5) is 16.8. The predicted molar refractivity (Wildman–Crippen MR) is 112 cm³/mol. The molecule has 0 fully saturated rings. The zero-order chi connectivity index (χ0) is 20.4. The molecule has 6 nitrogen and oxygen atoms in total. The Hall–Kier alpha value is -3.19. The van der Waals surface area contributed by atoms with Gasteiger partial charge in [-0.3, -0.25) is 14.1 Å². The van der Waals surface area contributed by atoms with Gasteiger partial charge in [-0.05, 0) is 41.8 Å². The van der Waals surface area contributed by atoms with E-state index in [1.807, 2.05) is 30.3 Å². The van der Waals surface area contributed by atoms with Crippen molar-refractivity contribution in [1.82, 2.24) is 10.3 Å². The van der Waals surface area contributed by atoms with E-state index in [0.717, 1.165) is 23.1 Å². The van der Waals surface area contributed by atoms with Crippen molar-refractivity contribution >= 4 is 21.6 Å². The predicted octanol–water partition coefficient (Wildman–Crippen LogP) is 3.14. The van der Waals surface area contributed by atoms with Crippen LogP contribution in [0.3, 0.4) is 0 Å². The Bertz CT molecular complexity index is 1160. The molecule has 29 heavy (non-hydrogen) atoms. The summed E-state index contributed by atoms with van der Waals surface area (Å²) in [5, 5.41) is 2.78. The second-order valence-electron chi connectivity index (χ2n) is 6.85. The monoisotopic (exact) mass is 407 g/mol. The summed E-state index contributed by atoms with van der Waals surface area (Å²) in [5.41, 5.74) is 3.98. The van der Waals surface area contributed by atoms with Crippen LogP contribution in [0.2, 0.25) is 0 Å². The van der Waals surface area contributed by atoms with Crippen molar-refractivity contribution in [2.24, 2.45) is 0 Å². The first-order valence-corrected chi connectivity index (χ1v) is 10.9. The van der Waals surface area contributed by atoms with Crippen molar-refractivity contribution in [2.75, 3.05) is 10.8 Å². The molecule has 1 aromatic heterocycles. The second-order valence-corrected chi connectivity index (χ2v) is 8.68. The Morgan fingerprint density at radius 1 is 1.03 bits per heavy atom. The van der Waals surface area contributed by atoms with E-state index in [4.69, 9.17) is 0 Å². The van der Waals surface area contributed by atoms with Gasteiger partial charge in [-0.25, -0.2) is 8.42 Å². The number of nitrogens with zero attached hydrogens (tertiary/aromatic N) is 2. The summed E-state index contributed by atoms with van der Waals surface area (Å²) in [6.07, 6.45) is 4.16. The number of amides is 1. The first-order valence-electron chi connectivity index (χ1n) is 9.41. The van der Waals surface area contributed by atoms with Gasteiger partial charge in [0.05, 0.1) is 10.6 Å². The van der Waals surface area contributed by atoms with Crippen LogP contribution < -0.4 is 9.62 Å². The largest absolute Gasteiger partial charge is 0.350 e. The molecular weight excluding hydrogens is 386 g/mol. The number of carbonyl (C=O) groups excluding carboxylic acids is 1. The molecule has 0 radical (unpaired) electrons. The molecule has 2 aromatic carbocycles. The summed E-state index contributed by atoms with van der Waals surface area (Å²) < 4.78 is 27.7. The molecule has 0 saturated carbocycles. The maximum atomic E-state index is 13.3. The molecule has 0 bridgehead atoms. The number of rotatable bonds is 5. The van der Waals surface area contributed by atoms with Gasteiger partial charge >= 0.3 is 0 Å². The molecule has 7 heteroatoms. The zero-order valence-corrected chi connectivity index (χ0v) is 16.8. The third kappa shape index (κ3) is 3.61. The van der Waals surface area contributed by atoms with Gasteiger partial charge in [-0.15, -0.1) is 0 Å². The second kappa shape index (κ2) is 7.67. The average molecular weight is 407 g/mol. The molecule has 4 rings (SSSR count). The summed E-state index contributed by atoms with van der Waals surface area (Å²) >= 11 is 0. The molecule has 0 unspecified atom stereocenters. The highest BCUT2D eigenvalue weighted by Crippen LogP contribution is 2.43. The minimum atomic E-state index is -3.83. The van der Waals surface area contributed by atoms with Gasteiger partial charge in [0.1, 0.15) is 6.54 Å². The van der Waals surface area contributed by atoms with Crippen molar-refractivity contribution in [1.29, 1.82) is 0 Å². The minimum Gasteiger partial charge on any atom is -0.350 e. The minimum absolute atomic E-state index is 0.223. The molecule has 0 atom stereocenters. The number of fused-ring (bicyclic) bond motifs is 3. The fourth-order valence-electron chi connectivity index (χ4n) is 3.46. The molecule has 3 aromatic rings. The molecule has 148 valence electrons. The van der Waals surface area contributed by atoms with Crippen LogP contribution in [0.15, 0.2) is 71.9 Å².